The van der Waals surface area contributed by atoms with Gasteiger partial charge in [0.25, 0.3) is 5.69 Å². The van der Waals surface area contributed by atoms with Gasteiger partial charge in [-0.05, 0) is 17.7 Å². The Morgan fingerprint density at radius 2 is 1.69 bits per heavy atom. The van der Waals surface area contributed by atoms with Gasteiger partial charge in [-0.1, -0.05) is 18.2 Å². The van der Waals surface area contributed by atoms with E-state index in [1.165, 1.54) is 30.3 Å². The molecule has 2 amide bonds. The van der Waals surface area contributed by atoms with Crippen molar-refractivity contribution in [1.82, 2.24) is 5.32 Å². The van der Waals surface area contributed by atoms with Crippen molar-refractivity contribution in [2.75, 3.05) is 0 Å². The minimum atomic E-state index is -1.13. The molecule has 0 saturated carbocycles. The second-order valence-electron chi connectivity index (χ2n) is 5.53. The first-order valence-corrected chi connectivity index (χ1v) is 7.53. The Balaban J connectivity index is 2.06. The summed E-state index contributed by atoms with van der Waals surface area (Å²) < 4.78 is 27.2. The number of amides is 2. The van der Waals surface area contributed by atoms with Crippen LogP contribution in [0.2, 0.25) is 0 Å². The second-order valence-corrected chi connectivity index (χ2v) is 5.53. The summed E-state index contributed by atoms with van der Waals surface area (Å²) in [5, 5.41) is 13.0. The van der Waals surface area contributed by atoms with Crippen molar-refractivity contribution < 1.29 is 23.3 Å². The zero-order valence-corrected chi connectivity index (χ0v) is 13.4. The molecular weight excluding hydrogens is 348 g/mol. The lowest BCUT2D eigenvalue weighted by Gasteiger charge is -2.16. The van der Waals surface area contributed by atoms with E-state index < -0.39 is 46.4 Å². The maximum Gasteiger partial charge on any atom is 0.269 e. The molecule has 0 saturated heterocycles. The first kappa shape index (κ1) is 19.0. The molecule has 0 aliphatic carbocycles. The van der Waals surface area contributed by atoms with Crippen LogP contribution in [0, 0.1) is 21.7 Å². The highest BCUT2D eigenvalue weighted by Gasteiger charge is 2.21. The summed E-state index contributed by atoms with van der Waals surface area (Å²) in [5.74, 6) is -3.36. The smallest absolute Gasteiger partial charge is 0.269 e. The lowest BCUT2D eigenvalue weighted by atomic mass is 10.0. The van der Waals surface area contributed by atoms with Gasteiger partial charge in [0.1, 0.15) is 17.7 Å². The Hall–Kier alpha value is -3.36. The summed E-state index contributed by atoms with van der Waals surface area (Å²) in [6.45, 7) is 0. The minimum Gasteiger partial charge on any atom is -0.368 e. The number of benzene rings is 2. The number of hydrogen-bond donors (Lipinski definition) is 2. The molecule has 9 heteroatoms. The van der Waals surface area contributed by atoms with Crippen LogP contribution < -0.4 is 11.1 Å². The molecule has 0 heterocycles. The molecule has 136 valence electrons. The number of primary amides is 1. The SMILES string of the molecule is NC(=O)[C@@H](Cc1ccc([N+](=O)[O-])cc1)NC(=O)Cc1c(F)cccc1F. The van der Waals surface area contributed by atoms with Crippen LogP contribution in [-0.4, -0.2) is 22.8 Å². The third kappa shape index (κ3) is 4.82. The summed E-state index contributed by atoms with van der Waals surface area (Å²) in [5.41, 5.74) is 5.24. The molecule has 0 aliphatic rings. The lowest BCUT2D eigenvalue weighted by Crippen LogP contribution is -2.46. The summed E-state index contributed by atoms with van der Waals surface area (Å²) in [6.07, 6.45) is -0.610. The van der Waals surface area contributed by atoms with E-state index in [0.29, 0.717) is 5.56 Å². The fourth-order valence-electron chi connectivity index (χ4n) is 2.32. The summed E-state index contributed by atoms with van der Waals surface area (Å²) in [7, 11) is 0. The van der Waals surface area contributed by atoms with Crippen LogP contribution in [0.25, 0.3) is 0 Å². The number of nitro benzene ring substituents is 1. The van der Waals surface area contributed by atoms with Crippen molar-refractivity contribution in [2.24, 2.45) is 5.73 Å². The van der Waals surface area contributed by atoms with Crippen LogP contribution in [0.15, 0.2) is 42.5 Å². The predicted octanol–water partition coefficient (Wildman–Crippen LogP) is 1.63. The molecule has 0 fully saturated rings. The van der Waals surface area contributed by atoms with E-state index in [1.807, 2.05) is 0 Å². The molecule has 2 aromatic rings. The number of rotatable bonds is 7. The van der Waals surface area contributed by atoms with Gasteiger partial charge in [0.15, 0.2) is 0 Å². The maximum atomic E-state index is 13.6. The standard InChI is InChI=1S/C17H15F2N3O4/c18-13-2-1-3-14(19)12(13)9-16(23)21-15(17(20)24)8-10-4-6-11(7-5-10)22(25)26/h1-7,15H,8-9H2,(H2,20,24)(H,21,23)/t15-/m1/s1. The highest BCUT2D eigenvalue weighted by Crippen LogP contribution is 2.14. The number of nitrogens with zero attached hydrogens (tertiary/aromatic N) is 1. The molecular formula is C17H15F2N3O4. The fourth-order valence-corrected chi connectivity index (χ4v) is 2.32. The number of halogens is 2. The number of nitrogens with two attached hydrogens (primary N) is 1. The highest BCUT2D eigenvalue weighted by atomic mass is 19.1. The average molecular weight is 363 g/mol. The molecule has 0 unspecified atom stereocenters. The first-order chi connectivity index (χ1) is 12.3. The van der Waals surface area contributed by atoms with Crippen molar-refractivity contribution in [1.29, 1.82) is 0 Å². The Morgan fingerprint density at radius 3 is 2.19 bits per heavy atom. The van der Waals surface area contributed by atoms with Gasteiger partial charge in [0, 0.05) is 24.1 Å². The largest absolute Gasteiger partial charge is 0.368 e. The Bertz CT molecular complexity index is 820. The maximum absolute atomic E-state index is 13.6. The van der Waals surface area contributed by atoms with Crippen LogP contribution in [0.3, 0.4) is 0 Å². The predicted molar refractivity (Wildman–Crippen MR) is 88.0 cm³/mol. The van der Waals surface area contributed by atoms with Gasteiger partial charge in [-0.2, -0.15) is 0 Å². The van der Waals surface area contributed by atoms with Gasteiger partial charge < -0.3 is 11.1 Å². The van der Waals surface area contributed by atoms with Crippen LogP contribution in [0.5, 0.6) is 0 Å². The minimum absolute atomic E-state index is 0.0151. The molecule has 2 rings (SSSR count). The summed E-state index contributed by atoms with van der Waals surface area (Å²) in [4.78, 5) is 33.6. The number of nitro groups is 1. The number of hydrogen-bond acceptors (Lipinski definition) is 4. The van der Waals surface area contributed by atoms with Crippen molar-refractivity contribution in [3.63, 3.8) is 0 Å². The van der Waals surface area contributed by atoms with Crippen LogP contribution in [0.4, 0.5) is 14.5 Å². The highest BCUT2D eigenvalue weighted by molar-refractivity contribution is 5.87. The summed E-state index contributed by atoms with van der Waals surface area (Å²) >= 11 is 0. The van der Waals surface area contributed by atoms with Crippen LogP contribution in [-0.2, 0) is 22.4 Å². The fraction of sp³-hybridized carbons (Fsp3) is 0.176. The lowest BCUT2D eigenvalue weighted by molar-refractivity contribution is -0.384. The topological polar surface area (TPSA) is 115 Å². The third-order valence-electron chi connectivity index (χ3n) is 3.66. The Morgan fingerprint density at radius 1 is 1.12 bits per heavy atom. The Kier molecular flexibility index (Phi) is 5.94. The molecule has 0 aliphatic heterocycles. The van der Waals surface area contributed by atoms with Crippen molar-refractivity contribution in [3.05, 3.63) is 75.3 Å². The normalized spacial score (nSPS) is 11.6. The van der Waals surface area contributed by atoms with Crippen molar-refractivity contribution in [3.8, 4) is 0 Å². The van der Waals surface area contributed by atoms with Gasteiger partial charge in [-0.3, -0.25) is 19.7 Å². The molecule has 0 spiro atoms. The van der Waals surface area contributed by atoms with E-state index in [9.17, 15) is 28.5 Å². The molecule has 0 radical (unpaired) electrons. The number of carbonyl (C=O) groups excluding carboxylic acids is 2. The van der Waals surface area contributed by atoms with E-state index in [-0.39, 0.29) is 12.1 Å². The quantitative estimate of drug-likeness (QED) is 0.574. The van der Waals surface area contributed by atoms with E-state index in [1.54, 1.807) is 0 Å². The zero-order chi connectivity index (χ0) is 19.3. The van der Waals surface area contributed by atoms with Gasteiger partial charge in [-0.15, -0.1) is 0 Å². The van der Waals surface area contributed by atoms with E-state index in [0.717, 1.165) is 12.1 Å². The van der Waals surface area contributed by atoms with E-state index >= 15 is 0 Å². The monoisotopic (exact) mass is 363 g/mol. The Labute approximate surface area is 147 Å². The number of non-ortho nitro benzene ring substituents is 1. The molecule has 3 N–H and O–H groups in total. The van der Waals surface area contributed by atoms with Gasteiger partial charge in [0.05, 0.1) is 11.3 Å². The third-order valence-corrected chi connectivity index (χ3v) is 3.66. The van der Waals surface area contributed by atoms with Crippen LogP contribution >= 0.6 is 0 Å². The molecule has 0 aromatic heterocycles. The molecule has 7 nitrogen and oxygen atoms in total. The van der Waals surface area contributed by atoms with Crippen molar-refractivity contribution in [2.45, 2.75) is 18.9 Å². The average Bonchev–Trinajstić information content (AvgIpc) is 2.58. The van der Waals surface area contributed by atoms with Crippen molar-refractivity contribution >= 4 is 17.5 Å². The van der Waals surface area contributed by atoms with Gasteiger partial charge >= 0.3 is 0 Å². The van der Waals surface area contributed by atoms with Gasteiger partial charge in [-0.25, -0.2) is 8.78 Å². The van der Waals surface area contributed by atoms with E-state index in [2.05, 4.69) is 5.32 Å². The molecule has 0 bridgehead atoms. The molecule has 26 heavy (non-hydrogen) atoms. The second kappa shape index (κ2) is 8.15. The van der Waals surface area contributed by atoms with Gasteiger partial charge in [0.2, 0.25) is 11.8 Å². The molecule has 1 atom stereocenters. The number of nitrogens with one attached hydrogen (secondary N) is 1. The van der Waals surface area contributed by atoms with Crippen LogP contribution in [0.1, 0.15) is 11.1 Å². The first-order valence-electron chi connectivity index (χ1n) is 7.53. The number of carbonyl (C=O) groups is 2. The zero-order valence-electron chi connectivity index (χ0n) is 13.4. The van der Waals surface area contributed by atoms with E-state index in [4.69, 9.17) is 5.73 Å². The summed E-state index contributed by atoms with van der Waals surface area (Å²) in [6, 6.07) is 7.45. The molecule has 2 aromatic carbocycles.